The lowest BCUT2D eigenvalue weighted by atomic mass is 9.82. The number of benzene rings is 6. The molecule has 0 spiro atoms. The molecule has 0 aromatic heterocycles. The van der Waals surface area contributed by atoms with Gasteiger partial charge >= 0.3 is 0 Å². The predicted octanol–water partition coefficient (Wildman–Crippen LogP) is 12.0. The molecule has 8 rings (SSSR count). The van der Waals surface area contributed by atoms with E-state index < -0.39 is 0 Å². The van der Waals surface area contributed by atoms with Gasteiger partial charge in [0.1, 0.15) is 0 Å². The molecule has 0 atom stereocenters. The first kappa shape index (κ1) is 27.0. The molecule has 0 bridgehead atoms. The third kappa shape index (κ3) is 3.85. The SMILES string of the molecule is CC(C)c1ccc2cc(N(c3ccc4c(c3)C(C)(C)c3ccccc3-4)c3ccc4c(c3)C(C)(C)c3ccccc3-4)ccc2c1. The summed E-state index contributed by atoms with van der Waals surface area (Å²) in [5, 5.41) is 2.55. The second-order valence-corrected chi connectivity index (χ2v) is 14.1. The number of fused-ring (bicyclic) bond motifs is 7. The zero-order chi connectivity index (χ0) is 30.4. The molecule has 2 aliphatic rings. The smallest absolute Gasteiger partial charge is 0.0468 e. The Morgan fingerprint density at radius 1 is 0.432 bits per heavy atom. The third-order valence-electron chi connectivity index (χ3n) is 10.4. The Hall–Kier alpha value is -4.62. The van der Waals surface area contributed by atoms with Gasteiger partial charge in [-0.2, -0.15) is 0 Å². The maximum absolute atomic E-state index is 2.47. The number of nitrogens with zero attached hydrogens (tertiary/aromatic N) is 1. The zero-order valence-electron chi connectivity index (χ0n) is 26.6. The lowest BCUT2D eigenvalue weighted by Crippen LogP contribution is -2.18. The van der Waals surface area contributed by atoms with Crippen molar-refractivity contribution in [1.82, 2.24) is 0 Å². The number of rotatable bonds is 4. The summed E-state index contributed by atoms with van der Waals surface area (Å²) < 4.78 is 0. The summed E-state index contributed by atoms with van der Waals surface area (Å²) in [7, 11) is 0. The molecule has 2 aliphatic carbocycles. The van der Waals surface area contributed by atoms with Gasteiger partial charge in [-0.05, 0) is 103 Å². The molecule has 0 saturated carbocycles. The van der Waals surface area contributed by atoms with Crippen LogP contribution in [-0.2, 0) is 10.8 Å². The van der Waals surface area contributed by atoms with Crippen LogP contribution in [0.1, 0.15) is 75.3 Å². The third-order valence-corrected chi connectivity index (χ3v) is 10.4. The molecule has 0 heterocycles. The topological polar surface area (TPSA) is 3.24 Å². The van der Waals surface area contributed by atoms with Crippen LogP contribution in [0, 0.1) is 0 Å². The van der Waals surface area contributed by atoms with Gasteiger partial charge in [0, 0.05) is 27.9 Å². The van der Waals surface area contributed by atoms with E-state index in [1.807, 2.05) is 0 Å². The van der Waals surface area contributed by atoms with Crippen LogP contribution in [0.5, 0.6) is 0 Å². The van der Waals surface area contributed by atoms with E-state index in [1.165, 1.54) is 77.9 Å². The molecule has 6 aromatic carbocycles. The molecule has 6 aromatic rings. The van der Waals surface area contributed by atoms with Crippen molar-refractivity contribution in [3.05, 3.63) is 149 Å². The number of hydrogen-bond acceptors (Lipinski definition) is 1. The molecule has 0 aliphatic heterocycles. The van der Waals surface area contributed by atoms with Crippen molar-refractivity contribution in [2.75, 3.05) is 4.90 Å². The average Bonchev–Trinajstić information content (AvgIpc) is 3.40. The number of anilines is 3. The van der Waals surface area contributed by atoms with Crippen LogP contribution < -0.4 is 4.90 Å². The molecule has 0 amide bonds. The van der Waals surface area contributed by atoms with Crippen molar-refractivity contribution in [3.8, 4) is 22.3 Å². The first-order chi connectivity index (χ1) is 21.1. The average molecular weight is 570 g/mol. The van der Waals surface area contributed by atoms with Gasteiger partial charge in [0.2, 0.25) is 0 Å². The predicted molar refractivity (Wildman–Crippen MR) is 188 cm³/mol. The standard InChI is InChI=1S/C43H39N/c1-27(2)28-15-16-30-24-31(18-17-29(30)23-28)44(32-19-21-36-34-11-7-9-13-38(34)42(3,4)40(36)25-32)33-20-22-37-35-12-8-10-14-39(35)43(5,6)41(37)26-33/h7-27H,1-6H3. The van der Waals surface area contributed by atoms with E-state index in [4.69, 9.17) is 0 Å². The van der Waals surface area contributed by atoms with Crippen LogP contribution in [0.4, 0.5) is 17.1 Å². The normalized spacial score (nSPS) is 15.2. The molecular formula is C43H39N. The van der Waals surface area contributed by atoms with Crippen molar-refractivity contribution >= 4 is 27.8 Å². The van der Waals surface area contributed by atoms with Crippen LogP contribution in [-0.4, -0.2) is 0 Å². The molecule has 1 nitrogen and oxygen atoms in total. The summed E-state index contributed by atoms with van der Waals surface area (Å²) in [4.78, 5) is 2.47. The van der Waals surface area contributed by atoms with Crippen LogP contribution in [0.3, 0.4) is 0 Å². The van der Waals surface area contributed by atoms with Crippen molar-refractivity contribution in [3.63, 3.8) is 0 Å². The van der Waals surface area contributed by atoms with E-state index in [9.17, 15) is 0 Å². The summed E-state index contributed by atoms with van der Waals surface area (Å²) in [5.74, 6) is 0.508. The largest absolute Gasteiger partial charge is 0.310 e. The highest BCUT2D eigenvalue weighted by Crippen LogP contribution is 2.53. The highest BCUT2D eigenvalue weighted by atomic mass is 15.1. The molecule has 0 N–H and O–H groups in total. The Bertz CT molecular complexity index is 2000. The second-order valence-electron chi connectivity index (χ2n) is 14.1. The minimum absolute atomic E-state index is 0.0637. The lowest BCUT2D eigenvalue weighted by molar-refractivity contribution is 0.660. The summed E-state index contributed by atoms with van der Waals surface area (Å²) in [6.07, 6.45) is 0. The first-order valence-corrected chi connectivity index (χ1v) is 16.0. The van der Waals surface area contributed by atoms with Crippen molar-refractivity contribution in [2.24, 2.45) is 0 Å². The van der Waals surface area contributed by atoms with E-state index in [0.29, 0.717) is 5.92 Å². The molecule has 0 unspecified atom stereocenters. The first-order valence-electron chi connectivity index (χ1n) is 16.0. The van der Waals surface area contributed by atoms with Gasteiger partial charge in [0.05, 0.1) is 0 Å². The molecule has 0 fully saturated rings. The Balaban J connectivity index is 1.33. The fraction of sp³-hybridized carbons (Fsp3) is 0.209. The number of hydrogen-bond donors (Lipinski definition) is 0. The van der Waals surface area contributed by atoms with Crippen molar-refractivity contribution in [1.29, 1.82) is 0 Å². The van der Waals surface area contributed by atoms with Crippen molar-refractivity contribution < 1.29 is 0 Å². The minimum atomic E-state index is -0.0637. The molecule has 1 heteroatoms. The van der Waals surface area contributed by atoms with Gasteiger partial charge in [0.15, 0.2) is 0 Å². The molecular weight excluding hydrogens is 530 g/mol. The van der Waals surface area contributed by atoms with Crippen molar-refractivity contribution in [2.45, 2.75) is 58.3 Å². The Kier molecular flexibility index (Phi) is 5.78. The van der Waals surface area contributed by atoms with E-state index in [-0.39, 0.29) is 10.8 Å². The summed E-state index contributed by atoms with van der Waals surface area (Å²) in [6.45, 7) is 14.0. The van der Waals surface area contributed by atoms with Gasteiger partial charge in [-0.15, -0.1) is 0 Å². The van der Waals surface area contributed by atoms with E-state index in [1.54, 1.807) is 0 Å². The zero-order valence-corrected chi connectivity index (χ0v) is 26.6. The summed E-state index contributed by atoms with van der Waals surface area (Å²) in [6, 6.07) is 45.9. The summed E-state index contributed by atoms with van der Waals surface area (Å²) >= 11 is 0. The Morgan fingerprint density at radius 3 is 1.41 bits per heavy atom. The van der Waals surface area contributed by atoms with Crippen LogP contribution in [0.15, 0.2) is 121 Å². The highest BCUT2D eigenvalue weighted by molar-refractivity contribution is 5.92. The fourth-order valence-corrected chi connectivity index (χ4v) is 7.86. The van der Waals surface area contributed by atoms with Crippen LogP contribution >= 0.6 is 0 Å². The van der Waals surface area contributed by atoms with Gasteiger partial charge in [-0.1, -0.05) is 126 Å². The second kappa shape index (κ2) is 9.44. The van der Waals surface area contributed by atoms with Gasteiger partial charge in [-0.25, -0.2) is 0 Å². The molecule has 44 heavy (non-hydrogen) atoms. The maximum atomic E-state index is 2.47. The van der Waals surface area contributed by atoms with Crippen LogP contribution in [0.2, 0.25) is 0 Å². The summed E-state index contributed by atoms with van der Waals surface area (Å²) in [5.41, 5.74) is 15.8. The van der Waals surface area contributed by atoms with E-state index >= 15 is 0 Å². The quantitative estimate of drug-likeness (QED) is 0.204. The molecule has 0 radical (unpaired) electrons. The van der Waals surface area contributed by atoms with E-state index in [2.05, 4.69) is 168 Å². The molecule has 0 saturated heterocycles. The highest BCUT2D eigenvalue weighted by Gasteiger charge is 2.37. The van der Waals surface area contributed by atoms with Crippen LogP contribution in [0.25, 0.3) is 33.0 Å². The Labute approximate surface area is 261 Å². The lowest BCUT2D eigenvalue weighted by Gasteiger charge is -2.30. The minimum Gasteiger partial charge on any atom is -0.310 e. The van der Waals surface area contributed by atoms with E-state index in [0.717, 1.165) is 0 Å². The maximum Gasteiger partial charge on any atom is 0.0468 e. The van der Waals surface area contributed by atoms with Gasteiger partial charge in [0.25, 0.3) is 0 Å². The fourth-order valence-electron chi connectivity index (χ4n) is 7.86. The molecule has 216 valence electrons. The van der Waals surface area contributed by atoms with Gasteiger partial charge in [-0.3, -0.25) is 0 Å². The monoisotopic (exact) mass is 569 g/mol. The Morgan fingerprint density at radius 2 is 0.864 bits per heavy atom. The van der Waals surface area contributed by atoms with Gasteiger partial charge < -0.3 is 4.90 Å².